The van der Waals surface area contributed by atoms with Crippen LogP contribution in [0.5, 0.6) is 5.75 Å². The molecule has 2 fully saturated rings. The molecule has 1 unspecified atom stereocenters. The highest BCUT2D eigenvalue weighted by Gasteiger charge is 2.38. The van der Waals surface area contributed by atoms with Crippen LogP contribution in [-0.4, -0.2) is 55.4 Å². The predicted octanol–water partition coefficient (Wildman–Crippen LogP) is 3.92. The number of nitrogens with zero attached hydrogens (tertiary/aromatic N) is 1. The molecule has 26 heavy (non-hydrogen) atoms. The molecule has 2 N–H and O–H groups in total. The van der Waals surface area contributed by atoms with Gasteiger partial charge in [0.2, 0.25) is 0 Å². The monoisotopic (exact) mass is 424 g/mol. The fourth-order valence-electron chi connectivity index (χ4n) is 4.50. The zero-order valence-corrected chi connectivity index (χ0v) is 17.6. The van der Waals surface area contributed by atoms with Gasteiger partial charge in [-0.15, -0.1) is 0 Å². The van der Waals surface area contributed by atoms with Gasteiger partial charge in [0.15, 0.2) is 0 Å². The van der Waals surface area contributed by atoms with Crippen LogP contribution in [0.2, 0.25) is 0 Å². The van der Waals surface area contributed by atoms with Crippen molar-refractivity contribution in [1.29, 1.82) is 0 Å². The van der Waals surface area contributed by atoms with Gasteiger partial charge in [-0.25, -0.2) is 0 Å². The third-order valence-electron chi connectivity index (χ3n) is 6.10. The molecule has 1 atom stereocenters. The van der Waals surface area contributed by atoms with Gasteiger partial charge < -0.3 is 20.1 Å². The minimum absolute atomic E-state index is 0.140. The first kappa shape index (κ1) is 20.1. The summed E-state index contributed by atoms with van der Waals surface area (Å²) >= 11 is 3.64. The molecule has 1 saturated heterocycles. The van der Waals surface area contributed by atoms with E-state index < -0.39 is 5.60 Å². The molecule has 146 valence electrons. The Labute approximate surface area is 166 Å². The molecule has 5 heteroatoms. The SMILES string of the molecule is COc1ccc(C(CN2CCNCC2)C2(O)CCCCCCC2)cc1Br. The maximum atomic E-state index is 11.7. The van der Waals surface area contributed by atoms with Crippen molar-refractivity contribution in [2.24, 2.45) is 0 Å². The fourth-order valence-corrected chi connectivity index (χ4v) is 5.06. The number of benzene rings is 1. The van der Waals surface area contributed by atoms with Gasteiger partial charge in [-0.3, -0.25) is 0 Å². The summed E-state index contributed by atoms with van der Waals surface area (Å²) in [6.07, 6.45) is 7.88. The second kappa shape index (κ2) is 9.54. The number of hydrogen-bond acceptors (Lipinski definition) is 4. The summed E-state index contributed by atoms with van der Waals surface area (Å²) in [5.41, 5.74) is 0.610. The molecule has 1 saturated carbocycles. The number of rotatable bonds is 5. The lowest BCUT2D eigenvalue weighted by atomic mass is 9.74. The molecule has 1 aliphatic heterocycles. The summed E-state index contributed by atoms with van der Waals surface area (Å²) in [6, 6.07) is 6.33. The summed E-state index contributed by atoms with van der Waals surface area (Å²) in [7, 11) is 1.69. The number of halogens is 1. The van der Waals surface area contributed by atoms with E-state index in [4.69, 9.17) is 4.74 Å². The predicted molar refractivity (Wildman–Crippen MR) is 110 cm³/mol. The normalized spacial score (nSPS) is 23.0. The largest absolute Gasteiger partial charge is 0.496 e. The molecule has 0 radical (unpaired) electrons. The van der Waals surface area contributed by atoms with Crippen molar-refractivity contribution in [3.63, 3.8) is 0 Å². The van der Waals surface area contributed by atoms with Crippen molar-refractivity contribution in [1.82, 2.24) is 10.2 Å². The van der Waals surface area contributed by atoms with E-state index in [1.807, 2.05) is 6.07 Å². The Morgan fingerprint density at radius 3 is 2.42 bits per heavy atom. The van der Waals surface area contributed by atoms with Crippen LogP contribution in [0.3, 0.4) is 0 Å². The average Bonchev–Trinajstić information content (AvgIpc) is 2.64. The van der Waals surface area contributed by atoms with Crippen LogP contribution in [0, 0.1) is 0 Å². The zero-order chi connectivity index (χ0) is 18.4. The number of methoxy groups -OCH3 is 1. The van der Waals surface area contributed by atoms with Crippen molar-refractivity contribution < 1.29 is 9.84 Å². The van der Waals surface area contributed by atoms with Crippen molar-refractivity contribution in [2.75, 3.05) is 39.8 Å². The van der Waals surface area contributed by atoms with Crippen LogP contribution in [0.15, 0.2) is 22.7 Å². The van der Waals surface area contributed by atoms with Gasteiger partial charge in [-0.1, -0.05) is 38.2 Å². The number of piperazine rings is 1. The van der Waals surface area contributed by atoms with Crippen LogP contribution in [-0.2, 0) is 0 Å². The van der Waals surface area contributed by atoms with Gasteiger partial charge >= 0.3 is 0 Å². The second-order valence-electron chi connectivity index (χ2n) is 7.87. The van der Waals surface area contributed by atoms with Crippen LogP contribution in [0.25, 0.3) is 0 Å². The molecule has 3 rings (SSSR count). The molecule has 0 aromatic heterocycles. The summed E-state index contributed by atoms with van der Waals surface area (Å²) in [4.78, 5) is 2.51. The molecule has 1 aliphatic carbocycles. The van der Waals surface area contributed by atoms with E-state index in [1.54, 1.807) is 7.11 Å². The van der Waals surface area contributed by atoms with Crippen molar-refractivity contribution in [3.05, 3.63) is 28.2 Å². The molecule has 1 heterocycles. The minimum Gasteiger partial charge on any atom is -0.496 e. The van der Waals surface area contributed by atoms with Crippen LogP contribution >= 0.6 is 15.9 Å². The molecular weight excluding hydrogens is 392 g/mol. The molecule has 1 aromatic carbocycles. The molecule has 4 nitrogen and oxygen atoms in total. The average molecular weight is 425 g/mol. The molecule has 2 aliphatic rings. The Bertz CT molecular complexity index is 567. The van der Waals surface area contributed by atoms with Crippen molar-refractivity contribution in [2.45, 2.75) is 56.5 Å². The number of ether oxygens (including phenoxy) is 1. The minimum atomic E-state index is -0.612. The lowest BCUT2D eigenvalue weighted by molar-refractivity contribution is -0.0231. The highest BCUT2D eigenvalue weighted by atomic mass is 79.9. The van der Waals surface area contributed by atoms with E-state index in [2.05, 4.69) is 38.3 Å². The van der Waals surface area contributed by atoms with Gasteiger partial charge in [0, 0.05) is 38.6 Å². The topological polar surface area (TPSA) is 44.7 Å². The quantitative estimate of drug-likeness (QED) is 0.751. The van der Waals surface area contributed by atoms with Gasteiger partial charge in [-0.2, -0.15) is 0 Å². The molecule has 0 amide bonds. The summed E-state index contributed by atoms with van der Waals surface area (Å²) in [5.74, 6) is 0.986. The summed E-state index contributed by atoms with van der Waals surface area (Å²) in [6.45, 7) is 5.12. The van der Waals surface area contributed by atoms with Gasteiger partial charge in [-0.05, 0) is 46.5 Å². The molecule has 1 aromatic rings. The Morgan fingerprint density at radius 1 is 1.15 bits per heavy atom. The summed E-state index contributed by atoms with van der Waals surface area (Å²) < 4.78 is 6.38. The van der Waals surface area contributed by atoms with Crippen molar-refractivity contribution in [3.8, 4) is 5.75 Å². The fraction of sp³-hybridized carbons (Fsp3) is 0.714. The maximum Gasteiger partial charge on any atom is 0.133 e. The Kier molecular flexibility index (Phi) is 7.38. The van der Waals surface area contributed by atoms with E-state index in [0.29, 0.717) is 0 Å². The first-order valence-electron chi connectivity index (χ1n) is 10.1. The number of aliphatic hydroxyl groups is 1. The van der Waals surface area contributed by atoms with Crippen molar-refractivity contribution >= 4 is 15.9 Å². The lowest BCUT2D eigenvalue weighted by Gasteiger charge is -2.41. The smallest absolute Gasteiger partial charge is 0.133 e. The third kappa shape index (κ3) is 5.00. The van der Waals surface area contributed by atoms with E-state index >= 15 is 0 Å². The van der Waals surface area contributed by atoms with E-state index in [9.17, 15) is 5.11 Å². The maximum absolute atomic E-state index is 11.7. The zero-order valence-electron chi connectivity index (χ0n) is 16.0. The van der Waals surface area contributed by atoms with Crippen LogP contribution in [0.1, 0.15) is 56.4 Å². The van der Waals surface area contributed by atoms with E-state index in [-0.39, 0.29) is 5.92 Å². The van der Waals surface area contributed by atoms with E-state index in [0.717, 1.165) is 68.6 Å². The number of hydrogen-bond donors (Lipinski definition) is 2. The Morgan fingerprint density at radius 2 is 1.81 bits per heavy atom. The first-order valence-corrected chi connectivity index (χ1v) is 10.9. The molecule has 0 spiro atoms. The van der Waals surface area contributed by atoms with E-state index in [1.165, 1.54) is 24.8 Å². The first-order chi connectivity index (χ1) is 12.6. The highest BCUT2D eigenvalue weighted by Crippen LogP contribution is 2.41. The Balaban J connectivity index is 1.88. The third-order valence-corrected chi connectivity index (χ3v) is 6.72. The molecule has 0 bridgehead atoms. The lowest BCUT2D eigenvalue weighted by Crippen LogP contribution is -2.49. The van der Waals surface area contributed by atoms with Crippen LogP contribution in [0.4, 0.5) is 0 Å². The van der Waals surface area contributed by atoms with Crippen LogP contribution < -0.4 is 10.1 Å². The summed E-state index contributed by atoms with van der Waals surface area (Å²) in [5, 5.41) is 15.2. The standard InChI is InChI=1S/C21H33BrN2O2/c1-26-20-8-7-17(15-19(20)22)18(16-24-13-11-23-12-14-24)21(25)9-5-3-2-4-6-10-21/h7-8,15,18,23,25H,2-6,9-14,16H2,1H3. The Hall–Kier alpha value is -0.620. The molecular formula is C21H33BrN2O2. The number of nitrogens with one attached hydrogen (secondary N) is 1. The highest BCUT2D eigenvalue weighted by molar-refractivity contribution is 9.10. The van der Waals surface area contributed by atoms with Gasteiger partial charge in [0.05, 0.1) is 17.2 Å². The second-order valence-corrected chi connectivity index (χ2v) is 8.72. The van der Waals surface area contributed by atoms with Gasteiger partial charge in [0.25, 0.3) is 0 Å². The van der Waals surface area contributed by atoms with Gasteiger partial charge in [0.1, 0.15) is 5.75 Å².